The van der Waals surface area contributed by atoms with Crippen LogP contribution in [0.2, 0.25) is 0 Å². The van der Waals surface area contributed by atoms with Crippen molar-refractivity contribution in [3.63, 3.8) is 0 Å². The van der Waals surface area contributed by atoms with E-state index in [1.165, 1.54) is 11.1 Å². The zero-order valence-electron chi connectivity index (χ0n) is 18.0. The van der Waals surface area contributed by atoms with Gasteiger partial charge in [0.15, 0.2) is 11.8 Å². The lowest BCUT2D eigenvalue weighted by molar-refractivity contribution is 0.371. The van der Waals surface area contributed by atoms with Crippen molar-refractivity contribution >= 4 is 5.96 Å². The van der Waals surface area contributed by atoms with E-state index in [9.17, 15) is 0 Å². The molecule has 6 nitrogen and oxygen atoms in total. The maximum Gasteiger partial charge on any atom is 0.228 e. The normalized spacial score (nSPS) is 12.7. The van der Waals surface area contributed by atoms with Crippen LogP contribution in [0.5, 0.6) is 0 Å². The smallest absolute Gasteiger partial charge is 0.228 e. The quantitative estimate of drug-likeness (QED) is 0.417. The fourth-order valence-electron chi connectivity index (χ4n) is 3.26. The van der Waals surface area contributed by atoms with Crippen LogP contribution in [0.3, 0.4) is 0 Å². The number of aliphatic imine (C=N–C) groups is 1. The molecule has 2 aromatic carbocycles. The molecule has 0 saturated carbocycles. The Morgan fingerprint density at radius 3 is 2.33 bits per heavy atom. The molecule has 0 amide bonds. The van der Waals surface area contributed by atoms with E-state index in [1.807, 2.05) is 0 Å². The molecule has 0 fully saturated rings. The predicted molar refractivity (Wildman–Crippen MR) is 121 cm³/mol. The molecule has 1 heterocycles. The second-order valence-electron chi connectivity index (χ2n) is 7.63. The summed E-state index contributed by atoms with van der Waals surface area (Å²) in [6.45, 7) is 5.57. The van der Waals surface area contributed by atoms with Gasteiger partial charge in [-0.3, -0.25) is 4.99 Å². The van der Waals surface area contributed by atoms with Gasteiger partial charge in [0, 0.05) is 38.4 Å². The number of rotatable bonds is 9. The summed E-state index contributed by atoms with van der Waals surface area (Å²) in [5.74, 6) is 2.78. The van der Waals surface area contributed by atoms with E-state index < -0.39 is 0 Å². The molecule has 2 N–H and O–H groups in total. The molecule has 6 heteroatoms. The van der Waals surface area contributed by atoms with Gasteiger partial charge < -0.3 is 15.2 Å². The molecule has 1 unspecified atom stereocenters. The van der Waals surface area contributed by atoms with Gasteiger partial charge in [-0.15, -0.1) is 0 Å². The van der Waals surface area contributed by atoms with Crippen molar-refractivity contribution in [2.75, 3.05) is 20.1 Å². The summed E-state index contributed by atoms with van der Waals surface area (Å²) in [5, 5.41) is 10.8. The van der Waals surface area contributed by atoms with Gasteiger partial charge in [0.1, 0.15) is 0 Å². The molecule has 0 aliphatic heterocycles. The van der Waals surface area contributed by atoms with E-state index in [4.69, 9.17) is 4.52 Å². The highest BCUT2D eigenvalue weighted by Gasteiger charge is 2.14. The third kappa shape index (κ3) is 6.44. The zero-order valence-corrected chi connectivity index (χ0v) is 18.0. The second-order valence-corrected chi connectivity index (χ2v) is 7.63. The standard InChI is InChI=1S/C24H31N5O/c1-18(2)23-28-22(30-29-23)14-15-26-24(25-3)27-17-21(20-12-8-5-9-13-20)16-19-10-6-4-7-11-19/h4-13,18,21H,14-17H2,1-3H3,(H2,25,26,27). The number of nitrogens with zero attached hydrogens (tertiary/aromatic N) is 3. The predicted octanol–water partition coefficient (Wildman–Crippen LogP) is 3.93. The Balaban J connectivity index is 1.54. The van der Waals surface area contributed by atoms with E-state index in [0.29, 0.717) is 24.8 Å². The van der Waals surface area contributed by atoms with Crippen molar-refractivity contribution in [1.82, 2.24) is 20.8 Å². The largest absolute Gasteiger partial charge is 0.356 e. The fourth-order valence-corrected chi connectivity index (χ4v) is 3.26. The van der Waals surface area contributed by atoms with Crippen LogP contribution in [0, 0.1) is 0 Å². The molecule has 0 radical (unpaired) electrons. The Hall–Kier alpha value is -3.15. The Morgan fingerprint density at radius 1 is 1.00 bits per heavy atom. The highest BCUT2D eigenvalue weighted by atomic mass is 16.5. The summed E-state index contributed by atoms with van der Waals surface area (Å²) < 4.78 is 5.30. The van der Waals surface area contributed by atoms with Crippen LogP contribution < -0.4 is 10.6 Å². The van der Waals surface area contributed by atoms with E-state index in [-0.39, 0.29) is 5.92 Å². The first-order valence-electron chi connectivity index (χ1n) is 10.5. The SMILES string of the molecule is CN=C(NCCc1nc(C(C)C)no1)NCC(Cc1ccccc1)c1ccccc1. The molecule has 0 aliphatic carbocycles. The molecule has 3 aromatic rings. The van der Waals surface area contributed by atoms with Crippen molar-refractivity contribution in [3.05, 3.63) is 83.5 Å². The lowest BCUT2D eigenvalue weighted by Gasteiger charge is -2.20. The number of guanidine groups is 1. The first-order valence-corrected chi connectivity index (χ1v) is 10.5. The van der Waals surface area contributed by atoms with Gasteiger partial charge >= 0.3 is 0 Å². The van der Waals surface area contributed by atoms with Gasteiger partial charge in [0.2, 0.25) is 5.89 Å². The van der Waals surface area contributed by atoms with Crippen LogP contribution >= 0.6 is 0 Å². The minimum Gasteiger partial charge on any atom is -0.356 e. The van der Waals surface area contributed by atoms with Gasteiger partial charge in [-0.25, -0.2) is 0 Å². The van der Waals surface area contributed by atoms with Gasteiger partial charge in [0.25, 0.3) is 0 Å². The monoisotopic (exact) mass is 405 g/mol. The van der Waals surface area contributed by atoms with Crippen molar-refractivity contribution in [1.29, 1.82) is 0 Å². The Bertz CT molecular complexity index is 906. The summed E-state index contributed by atoms with van der Waals surface area (Å²) in [6, 6.07) is 21.2. The first kappa shape index (κ1) is 21.6. The van der Waals surface area contributed by atoms with Crippen molar-refractivity contribution < 1.29 is 4.52 Å². The van der Waals surface area contributed by atoms with Crippen LogP contribution in [0.25, 0.3) is 0 Å². The Morgan fingerprint density at radius 2 is 1.70 bits per heavy atom. The number of hydrogen-bond acceptors (Lipinski definition) is 4. The summed E-state index contributed by atoms with van der Waals surface area (Å²) in [4.78, 5) is 8.77. The molecule has 0 spiro atoms. The molecule has 3 rings (SSSR count). The van der Waals surface area contributed by atoms with Gasteiger partial charge in [-0.1, -0.05) is 79.7 Å². The topological polar surface area (TPSA) is 75.3 Å². The first-order chi connectivity index (χ1) is 14.7. The van der Waals surface area contributed by atoms with E-state index in [0.717, 1.165) is 24.7 Å². The lowest BCUT2D eigenvalue weighted by Crippen LogP contribution is -2.40. The van der Waals surface area contributed by atoms with E-state index in [1.54, 1.807) is 7.05 Å². The number of nitrogens with one attached hydrogen (secondary N) is 2. The maximum atomic E-state index is 5.30. The van der Waals surface area contributed by atoms with Crippen LogP contribution in [-0.2, 0) is 12.8 Å². The third-order valence-corrected chi connectivity index (χ3v) is 4.97. The highest BCUT2D eigenvalue weighted by molar-refractivity contribution is 5.79. The van der Waals surface area contributed by atoms with Gasteiger partial charge in [0.05, 0.1) is 0 Å². The molecule has 0 bridgehead atoms. The van der Waals surface area contributed by atoms with Crippen LogP contribution in [0.1, 0.15) is 48.5 Å². The summed E-state index contributed by atoms with van der Waals surface area (Å²) >= 11 is 0. The molecule has 30 heavy (non-hydrogen) atoms. The zero-order chi connectivity index (χ0) is 21.2. The molecular weight excluding hydrogens is 374 g/mol. The molecular formula is C24H31N5O. The fraction of sp³-hybridized carbons (Fsp3) is 0.375. The Labute approximate surface area is 178 Å². The lowest BCUT2D eigenvalue weighted by atomic mass is 9.92. The van der Waals surface area contributed by atoms with Crippen molar-refractivity contribution in [2.45, 2.75) is 38.5 Å². The molecule has 158 valence electrons. The molecule has 1 atom stereocenters. The van der Waals surface area contributed by atoms with Crippen molar-refractivity contribution in [2.24, 2.45) is 4.99 Å². The maximum absolute atomic E-state index is 5.30. The Kier molecular flexibility index (Phi) is 8.01. The average Bonchev–Trinajstić information content (AvgIpc) is 3.26. The third-order valence-electron chi connectivity index (χ3n) is 4.97. The molecule has 1 aromatic heterocycles. The molecule has 0 aliphatic rings. The highest BCUT2D eigenvalue weighted by Crippen LogP contribution is 2.20. The van der Waals surface area contributed by atoms with Crippen LogP contribution in [0.4, 0.5) is 0 Å². The summed E-state index contributed by atoms with van der Waals surface area (Å²) in [5.41, 5.74) is 2.64. The molecule has 0 saturated heterocycles. The number of aromatic nitrogens is 2. The minimum absolute atomic E-state index is 0.268. The number of benzene rings is 2. The van der Waals surface area contributed by atoms with E-state index >= 15 is 0 Å². The van der Waals surface area contributed by atoms with Crippen molar-refractivity contribution in [3.8, 4) is 0 Å². The number of hydrogen-bond donors (Lipinski definition) is 2. The summed E-state index contributed by atoms with van der Waals surface area (Å²) in [6.07, 6.45) is 1.63. The van der Waals surface area contributed by atoms with E-state index in [2.05, 4.69) is 100 Å². The van der Waals surface area contributed by atoms with Gasteiger partial charge in [-0.05, 0) is 17.5 Å². The second kappa shape index (κ2) is 11.1. The average molecular weight is 406 g/mol. The van der Waals surface area contributed by atoms with Crippen LogP contribution in [-0.4, -0.2) is 36.2 Å². The summed E-state index contributed by atoms with van der Waals surface area (Å²) in [7, 11) is 1.79. The van der Waals surface area contributed by atoms with Gasteiger partial charge in [-0.2, -0.15) is 4.98 Å². The minimum atomic E-state index is 0.268. The van der Waals surface area contributed by atoms with Crippen LogP contribution in [0.15, 0.2) is 70.2 Å².